The van der Waals surface area contributed by atoms with Crippen LogP contribution in [0.2, 0.25) is 0 Å². The molecule has 3 aromatic carbocycles. The van der Waals surface area contributed by atoms with E-state index < -0.39 is 5.91 Å². The zero-order valence-corrected chi connectivity index (χ0v) is 18.7. The molecule has 0 fully saturated rings. The van der Waals surface area contributed by atoms with Gasteiger partial charge < -0.3 is 14.6 Å². The van der Waals surface area contributed by atoms with Crippen molar-refractivity contribution in [2.24, 2.45) is 5.10 Å². The van der Waals surface area contributed by atoms with Gasteiger partial charge in [-0.05, 0) is 35.2 Å². The standard InChI is InChI=1S/C27H24N4O3/c1-34-22-12-7-11-21(16-22)28-26(32)18-27(33)31-24(19-8-3-2-4-9-19)17-25(29-31)30-15-14-20-10-5-6-13-23(20)30/h2-16,24H,17-18H2,1H3,(H,28,32)/t24-/m0/s1. The highest BCUT2D eigenvalue weighted by Crippen LogP contribution is 2.33. The number of nitrogens with zero attached hydrogens (tertiary/aromatic N) is 3. The van der Waals surface area contributed by atoms with Gasteiger partial charge in [-0.25, -0.2) is 5.01 Å². The highest BCUT2D eigenvalue weighted by atomic mass is 16.5. The molecule has 0 saturated carbocycles. The Morgan fingerprint density at radius 2 is 1.79 bits per heavy atom. The van der Waals surface area contributed by atoms with Gasteiger partial charge in [-0.3, -0.25) is 9.59 Å². The molecule has 0 radical (unpaired) electrons. The van der Waals surface area contributed by atoms with Gasteiger partial charge in [0.2, 0.25) is 5.91 Å². The number of amides is 2. The van der Waals surface area contributed by atoms with Crippen molar-refractivity contribution < 1.29 is 14.3 Å². The molecule has 1 aliphatic rings. The van der Waals surface area contributed by atoms with Gasteiger partial charge in [0.25, 0.3) is 5.91 Å². The quantitative estimate of drug-likeness (QED) is 0.442. The zero-order valence-electron chi connectivity index (χ0n) is 18.7. The van der Waals surface area contributed by atoms with E-state index in [9.17, 15) is 9.59 Å². The molecule has 5 rings (SSSR count). The Morgan fingerprint density at radius 1 is 1.00 bits per heavy atom. The SMILES string of the molecule is COc1cccc(NC(=O)CC(=O)N2N=C(n3ccc4ccccc43)C[C@H]2c2ccccc2)c1. The van der Waals surface area contributed by atoms with Gasteiger partial charge in [0.05, 0.1) is 18.7 Å². The van der Waals surface area contributed by atoms with E-state index >= 15 is 0 Å². The fourth-order valence-electron chi connectivity index (χ4n) is 4.24. The lowest BCUT2D eigenvalue weighted by molar-refractivity contribution is -0.136. The van der Waals surface area contributed by atoms with Crippen molar-refractivity contribution in [2.75, 3.05) is 12.4 Å². The average molecular weight is 453 g/mol. The van der Waals surface area contributed by atoms with Crippen molar-refractivity contribution in [3.8, 4) is 5.75 Å². The van der Waals surface area contributed by atoms with Crippen molar-refractivity contribution in [1.82, 2.24) is 9.58 Å². The van der Waals surface area contributed by atoms with E-state index in [1.165, 1.54) is 5.01 Å². The first-order chi connectivity index (χ1) is 16.6. The lowest BCUT2D eigenvalue weighted by Gasteiger charge is -2.21. The molecule has 34 heavy (non-hydrogen) atoms. The predicted octanol–water partition coefficient (Wildman–Crippen LogP) is 4.81. The summed E-state index contributed by atoms with van der Waals surface area (Å²) in [4.78, 5) is 25.9. The Balaban J connectivity index is 1.40. The molecule has 170 valence electrons. The van der Waals surface area contributed by atoms with Crippen LogP contribution >= 0.6 is 0 Å². The van der Waals surface area contributed by atoms with Crippen LogP contribution < -0.4 is 10.1 Å². The molecule has 0 aliphatic carbocycles. The van der Waals surface area contributed by atoms with Gasteiger partial charge in [-0.15, -0.1) is 0 Å². The zero-order chi connectivity index (χ0) is 23.5. The number of benzene rings is 3. The van der Waals surface area contributed by atoms with Gasteiger partial charge in [-0.1, -0.05) is 54.6 Å². The predicted molar refractivity (Wildman–Crippen MR) is 132 cm³/mol. The molecule has 0 unspecified atom stereocenters. The van der Waals surface area contributed by atoms with Crippen LogP contribution in [0, 0.1) is 0 Å². The van der Waals surface area contributed by atoms with Gasteiger partial charge in [-0.2, -0.15) is 5.10 Å². The normalized spacial score (nSPS) is 15.3. The van der Waals surface area contributed by atoms with E-state index in [-0.39, 0.29) is 18.4 Å². The first-order valence-corrected chi connectivity index (χ1v) is 11.1. The van der Waals surface area contributed by atoms with Crippen LogP contribution in [0.5, 0.6) is 5.75 Å². The number of anilines is 1. The van der Waals surface area contributed by atoms with Crippen LogP contribution in [0.1, 0.15) is 24.4 Å². The second-order valence-corrected chi connectivity index (χ2v) is 8.09. The summed E-state index contributed by atoms with van der Waals surface area (Å²) in [5, 5.41) is 10.0. The molecule has 1 aliphatic heterocycles. The van der Waals surface area contributed by atoms with Crippen molar-refractivity contribution in [1.29, 1.82) is 0 Å². The lowest BCUT2D eigenvalue weighted by Crippen LogP contribution is -2.30. The Bertz CT molecular complexity index is 1380. The fourth-order valence-corrected chi connectivity index (χ4v) is 4.24. The smallest absolute Gasteiger partial charge is 0.252 e. The van der Waals surface area contributed by atoms with Crippen LogP contribution in [0.25, 0.3) is 10.9 Å². The largest absolute Gasteiger partial charge is 0.497 e. The number of fused-ring (bicyclic) bond motifs is 1. The highest BCUT2D eigenvalue weighted by Gasteiger charge is 2.34. The Kier molecular flexibility index (Phi) is 5.82. The minimum Gasteiger partial charge on any atom is -0.497 e. The minimum atomic E-state index is -0.403. The average Bonchev–Trinajstić information content (AvgIpc) is 3.49. The van der Waals surface area contributed by atoms with Crippen LogP contribution in [0.3, 0.4) is 0 Å². The number of carbonyl (C=O) groups excluding carboxylic acids is 2. The maximum absolute atomic E-state index is 13.3. The van der Waals surface area contributed by atoms with Crippen molar-refractivity contribution in [3.63, 3.8) is 0 Å². The number of ether oxygens (including phenoxy) is 1. The first-order valence-electron chi connectivity index (χ1n) is 11.1. The van der Waals surface area contributed by atoms with E-state index in [4.69, 9.17) is 4.74 Å². The minimum absolute atomic E-state index is 0.283. The van der Waals surface area contributed by atoms with E-state index in [2.05, 4.69) is 10.4 Å². The van der Waals surface area contributed by atoms with E-state index in [0.717, 1.165) is 22.3 Å². The summed E-state index contributed by atoms with van der Waals surface area (Å²) < 4.78 is 7.20. The Morgan fingerprint density at radius 3 is 2.62 bits per heavy atom. The summed E-state index contributed by atoms with van der Waals surface area (Å²) in [6.07, 6.45) is 2.20. The summed E-state index contributed by atoms with van der Waals surface area (Å²) in [7, 11) is 1.56. The van der Waals surface area contributed by atoms with Crippen LogP contribution in [-0.4, -0.2) is 34.3 Å². The lowest BCUT2D eigenvalue weighted by atomic mass is 10.0. The second kappa shape index (κ2) is 9.23. The van der Waals surface area contributed by atoms with Crippen LogP contribution in [0.15, 0.2) is 96.2 Å². The first kappa shape index (κ1) is 21.5. The topological polar surface area (TPSA) is 75.9 Å². The number of para-hydroxylation sites is 1. The number of hydrazone groups is 1. The Labute approximate surface area is 197 Å². The number of methoxy groups -OCH3 is 1. The number of carbonyl (C=O) groups is 2. The van der Waals surface area contributed by atoms with Gasteiger partial charge in [0.15, 0.2) is 0 Å². The molecule has 0 saturated heterocycles. The summed E-state index contributed by atoms with van der Waals surface area (Å²) in [6, 6.07) is 26.6. The van der Waals surface area contributed by atoms with Gasteiger partial charge >= 0.3 is 0 Å². The summed E-state index contributed by atoms with van der Waals surface area (Å²) in [5.74, 6) is 0.624. The third kappa shape index (κ3) is 4.28. The van der Waals surface area contributed by atoms with E-state index in [1.54, 1.807) is 31.4 Å². The fraction of sp³-hybridized carbons (Fsp3) is 0.148. The molecule has 1 N–H and O–H groups in total. The summed E-state index contributed by atoms with van der Waals surface area (Å²) in [5.41, 5.74) is 2.57. The number of rotatable bonds is 5. The number of hydrogen-bond donors (Lipinski definition) is 1. The molecular formula is C27H24N4O3. The number of nitrogens with one attached hydrogen (secondary N) is 1. The van der Waals surface area contributed by atoms with Crippen LogP contribution in [-0.2, 0) is 9.59 Å². The molecular weight excluding hydrogens is 428 g/mol. The monoisotopic (exact) mass is 452 g/mol. The van der Waals surface area contributed by atoms with E-state index in [1.807, 2.05) is 71.4 Å². The van der Waals surface area contributed by atoms with Gasteiger partial charge in [0.1, 0.15) is 18.0 Å². The third-order valence-electron chi connectivity index (χ3n) is 5.88. The van der Waals surface area contributed by atoms with Crippen molar-refractivity contribution >= 4 is 34.2 Å². The van der Waals surface area contributed by atoms with Crippen LogP contribution in [0.4, 0.5) is 5.69 Å². The van der Waals surface area contributed by atoms with Crippen molar-refractivity contribution in [3.05, 3.63) is 96.7 Å². The molecule has 1 atom stereocenters. The second-order valence-electron chi connectivity index (χ2n) is 8.09. The maximum atomic E-state index is 13.3. The molecule has 7 nitrogen and oxygen atoms in total. The molecule has 7 heteroatoms. The van der Waals surface area contributed by atoms with Crippen molar-refractivity contribution in [2.45, 2.75) is 18.9 Å². The van der Waals surface area contributed by atoms with E-state index in [0.29, 0.717) is 17.9 Å². The van der Waals surface area contributed by atoms with Gasteiger partial charge in [0, 0.05) is 24.4 Å². The Hall–Kier alpha value is -4.39. The number of hydrogen-bond acceptors (Lipinski definition) is 4. The summed E-state index contributed by atoms with van der Waals surface area (Å²) in [6.45, 7) is 0. The molecule has 2 heterocycles. The maximum Gasteiger partial charge on any atom is 0.252 e. The molecule has 2 amide bonds. The molecule has 0 bridgehead atoms. The number of aromatic nitrogens is 1. The summed E-state index contributed by atoms with van der Waals surface area (Å²) >= 11 is 0. The molecule has 0 spiro atoms. The molecule has 1 aromatic heterocycles. The molecule has 4 aromatic rings. The highest BCUT2D eigenvalue weighted by molar-refractivity contribution is 6.05. The third-order valence-corrected chi connectivity index (χ3v) is 5.88.